The lowest BCUT2D eigenvalue weighted by Crippen LogP contribution is -2.32. The number of nitrogens with zero attached hydrogens (tertiary/aromatic N) is 2. The van der Waals surface area contributed by atoms with Gasteiger partial charge in [-0.05, 0) is 104 Å². The highest BCUT2D eigenvalue weighted by Crippen LogP contribution is 2.34. The van der Waals surface area contributed by atoms with E-state index in [1.165, 1.54) is 22.9 Å². The summed E-state index contributed by atoms with van der Waals surface area (Å²) >= 11 is 0. The summed E-state index contributed by atoms with van der Waals surface area (Å²) in [6, 6.07) is 16.1. The van der Waals surface area contributed by atoms with Gasteiger partial charge in [-0.1, -0.05) is 6.07 Å². The number of H-pyrrole nitrogens is 1. The number of aromatic nitrogens is 3. The molecule has 0 saturated heterocycles. The molecule has 0 atom stereocenters. The van der Waals surface area contributed by atoms with Gasteiger partial charge < -0.3 is 19.6 Å². The molecule has 1 amide bonds. The third-order valence-electron chi connectivity index (χ3n) is 8.34. The van der Waals surface area contributed by atoms with Crippen LogP contribution in [0.1, 0.15) is 54.1 Å². The van der Waals surface area contributed by atoms with E-state index in [0.29, 0.717) is 11.3 Å². The van der Waals surface area contributed by atoms with Crippen molar-refractivity contribution in [1.29, 1.82) is 0 Å². The van der Waals surface area contributed by atoms with E-state index in [0.717, 1.165) is 65.5 Å². The molecule has 3 heterocycles. The summed E-state index contributed by atoms with van der Waals surface area (Å²) in [7, 11) is 0. The van der Waals surface area contributed by atoms with E-state index in [2.05, 4.69) is 15.3 Å². The van der Waals surface area contributed by atoms with Crippen molar-refractivity contribution in [3.63, 3.8) is 0 Å². The number of carbonyl (C=O) groups excluding carboxylic acids is 2. The van der Waals surface area contributed by atoms with E-state index in [1.54, 1.807) is 19.2 Å². The fraction of sp³-hybridized carbons (Fsp3) is 0.257. The van der Waals surface area contributed by atoms with Crippen LogP contribution in [0.15, 0.2) is 84.0 Å². The first-order valence-corrected chi connectivity index (χ1v) is 14.9. The number of rotatable bonds is 9. The van der Waals surface area contributed by atoms with Crippen LogP contribution < -0.4 is 15.6 Å². The number of nitrogens with one attached hydrogen (secondary N) is 2. The lowest BCUT2D eigenvalue weighted by Gasteiger charge is -2.28. The number of ether oxygens (including phenoxy) is 1. The molecule has 1 fully saturated rings. The Bertz CT molecular complexity index is 1940. The van der Waals surface area contributed by atoms with Gasteiger partial charge in [0.05, 0.1) is 12.6 Å². The molecule has 0 bridgehead atoms. The number of Topliss-reactive ketones (excluding diaryl/α,β-unsaturated/α-hetero) is 1. The fourth-order valence-electron chi connectivity index (χ4n) is 5.91. The monoisotopic (exact) mass is 610 g/mol. The molecule has 0 spiro atoms. The quantitative estimate of drug-likeness (QED) is 0.208. The first kappa shape index (κ1) is 29.9. The number of benzene rings is 2. The standard InChI is InChI=1S/C35H32F2N4O4/c1-21(42)24-7-9-26(10-8-24)45-27-15-23(14-25(17-27)30-19-39-33-28(30)4-2-12-38-33)18-40-34(43)29-5-3-13-41(35(29)44)20-22-6-11-31(36)32(37)16-22/h2-6,11-17,19,24,26H,7-10,18,20H2,1H3,(H,38,39)(H,40,43). The highest BCUT2D eigenvalue weighted by molar-refractivity contribution is 5.94. The maximum atomic E-state index is 13.7. The SMILES string of the molecule is CC(=O)C1CCC(Oc2cc(CNC(=O)c3cccn(Cc4ccc(F)c(F)c4)c3=O)cc(-c3c[nH]c4ncccc34)c2)CC1. The van der Waals surface area contributed by atoms with Gasteiger partial charge in [-0.15, -0.1) is 0 Å². The number of pyridine rings is 2. The lowest BCUT2D eigenvalue weighted by molar-refractivity contribution is -0.122. The molecular weight excluding hydrogens is 578 g/mol. The number of hydrogen-bond donors (Lipinski definition) is 2. The predicted molar refractivity (Wildman–Crippen MR) is 166 cm³/mol. The van der Waals surface area contributed by atoms with Crippen molar-refractivity contribution in [3.8, 4) is 16.9 Å². The molecule has 5 aromatic rings. The summed E-state index contributed by atoms with van der Waals surface area (Å²) in [6.07, 6.45) is 8.22. The van der Waals surface area contributed by atoms with Gasteiger partial charge in [0.2, 0.25) is 0 Å². The van der Waals surface area contributed by atoms with Crippen LogP contribution in [0.25, 0.3) is 22.2 Å². The maximum Gasteiger partial charge on any atom is 0.263 e. The number of hydrogen-bond acceptors (Lipinski definition) is 5. The molecule has 6 rings (SSSR count). The zero-order valence-corrected chi connectivity index (χ0v) is 24.7. The van der Waals surface area contributed by atoms with Crippen LogP contribution in [-0.2, 0) is 17.9 Å². The Labute approximate surface area is 258 Å². The molecule has 2 N–H and O–H groups in total. The third-order valence-corrected chi connectivity index (χ3v) is 8.34. The molecule has 10 heteroatoms. The highest BCUT2D eigenvalue weighted by atomic mass is 19.2. The second-order valence-electron chi connectivity index (χ2n) is 11.5. The summed E-state index contributed by atoms with van der Waals surface area (Å²) in [4.78, 5) is 45.8. The van der Waals surface area contributed by atoms with Gasteiger partial charge in [0, 0.05) is 42.0 Å². The Balaban J connectivity index is 1.23. The lowest BCUT2D eigenvalue weighted by atomic mass is 9.85. The first-order valence-electron chi connectivity index (χ1n) is 14.9. The average molecular weight is 611 g/mol. The molecule has 1 aliphatic carbocycles. The van der Waals surface area contributed by atoms with Gasteiger partial charge in [0.15, 0.2) is 11.6 Å². The Morgan fingerprint density at radius 1 is 1.00 bits per heavy atom. The predicted octanol–water partition coefficient (Wildman–Crippen LogP) is 6.17. The molecule has 45 heavy (non-hydrogen) atoms. The minimum Gasteiger partial charge on any atom is -0.490 e. The summed E-state index contributed by atoms with van der Waals surface area (Å²) < 4.78 is 34.7. The van der Waals surface area contributed by atoms with Crippen molar-refractivity contribution in [2.45, 2.75) is 51.8 Å². The molecule has 0 aliphatic heterocycles. The number of carbonyl (C=O) groups is 2. The van der Waals surface area contributed by atoms with Crippen LogP contribution in [-0.4, -0.2) is 32.3 Å². The number of fused-ring (bicyclic) bond motifs is 1. The molecule has 0 unspecified atom stereocenters. The van der Waals surface area contributed by atoms with Crippen LogP contribution in [0, 0.1) is 17.6 Å². The Morgan fingerprint density at radius 3 is 2.60 bits per heavy atom. The summed E-state index contributed by atoms with van der Waals surface area (Å²) in [6.45, 7) is 1.75. The van der Waals surface area contributed by atoms with Crippen molar-refractivity contribution in [2.24, 2.45) is 5.92 Å². The van der Waals surface area contributed by atoms with E-state index in [9.17, 15) is 23.2 Å². The fourth-order valence-corrected chi connectivity index (χ4v) is 5.91. The van der Waals surface area contributed by atoms with Crippen molar-refractivity contribution in [3.05, 3.63) is 118 Å². The molecule has 230 valence electrons. The van der Waals surface area contributed by atoms with E-state index >= 15 is 0 Å². The van der Waals surface area contributed by atoms with E-state index in [1.807, 2.05) is 36.5 Å². The van der Waals surface area contributed by atoms with E-state index in [-0.39, 0.29) is 36.5 Å². The number of aromatic amines is 1. The molecule has 1 saturated carbocycles. The van der Waals surface area contributed by atoms with Crippen LogP contribution in [0.5, 0.6) is 5.75 Å². The topological polar surface area (TPSA) is 106 Å². The minimum absolute atomic E-state index is 0.0201. The van der Waals surface area contributed by atoms with Gasteiger partial charge >= 0.3 is 0 Å². The van der Waals surface area contributed by atoms with Crippen molar-refractivity contribution in [1.82, 2.24) is 19.9 Å². The minimum atomic E-state index is -1.01. The maximum absolute atomic E-state index is 13.7. The normalized spacial score (nSPS) is 16.4. The van der Waals surface area contributed by atoms with Crippen molar-refractivity contribution in [2.75, 3.05) is 0 Å². The number of ketones is 1. The molecule has 8 nitrogen and oxygen atoms in total. The van der Waals surface area contributed by atoms with Crippen molar-refractivity contribution >= 4 is 22.7 Å². The van der Waals surface area contributed by atoms with E-state index < -0.39 is 23.1 Å². The van der Waals surface area contributed by atoms with Crippen molar-refractivity contribution < 1.29 is 23.1 Å². The second-order valence-corrected chi connectivity index (χ2v) is 11.5. The average Bonchev–Trinajstić information content (AvgIpc) is 3.47. The summed E-state index contributed by atoms with van der Waals surface area (Å²) in [5, 5.41) is 3.79. The van der Waals surface area contributed by atoms with E-state index in [4.69, 9.17) is 4.74 Å². The first-order chi connectivity index (χ1) is 21.7. The van der Waals surface area contributed by atoms with Crippen LogP contribution >= 0.6 is 0 Å². The third kappa shape index (κ3) is 6.69. The Kier molecular flexibility index (Phi) is 8.55. The molecule has 2 aromatic carbocycles. The summed E-state index contributed by atoms with van der Waals surface area (Å²) in [5.74, 6) is -1.59. The Morgan fingerprint density at radius 2 is 1.82 bits per heavy atom. The Hall–Kier alpha value is -5.12. The van der Waals surface area contributed by atoms with Gasteiger partial charge in [-0.25, -0.2) is 13.8 Å². The molecular formula is C35H32F2N4O4. The van der Waals surface area contributed by atoms with Gasteiger partial charge in [0.1, 0.15) is 22.7 Å². The summed E-state index contributed by atoms with van der Waals surface area (Å²) in [5.41, 5.74) is 3.09. The second kappa shape index (κ2) is 12.9. The van der Waals surface area contributed by atoms with Gasteiger partial charge in [-0.3, -0.25) is 14.4 Å². The number of amides is 1. The van der Waals surface area contributed by atoms with Crippen LogP contribution in [0.2, 0.25) is 0 Å². The zero-order chi connectivity index (χ0) is 31.5. The number of halogens is 2. The smallest absolute Gasteiger partial charge is 0.263 e. The molecule has 0 radical (unpaired) electrons. The largest absolute Gasteiger partial charge is 0.490 e. The van der Waals surface area contributed by atoms with Gasteiger partial charge in [-0.2, -0.15) is 0 Å². The molecule has 3 aromatic heterocycles. The van der Waals surface area contributed by atoms with Crippen LogP contribution in [0.3, 0.4) is 0 Å². The molecule has 1 aliphatic rings. The van der Waals surface area contributed by atoms with Gasteiger partial charge in [0.25, 0.3) is 11.5 Å². The zero-order valence-electron chi connectivity index (χ0n) is 24.7. The van der Waals surface area contributed by atoms with Crippen LogP contribution in [0.4, 0.5) is 8.78 Å². The highest BCUT2D eigenvalue weighted by Gasteiger charge is 2.25.